The molecule has 0 N–H and O–H groups in total. The van der Waals surface area contributed by atoms with E-state index in [2.05, 4.69) is 405 Å². The Kier molecular flexibility index (Phi) is 15.5. The van der Waals surface area contributed by atoms with Crippen molar-refractivity contribution in [2.24, 2.45) is 0 Å². The van der Waals surface area contributed by atoms with Crippen molar-refractivity contribution in [3.63, 3.8) is 0 Å². The van der Waals surface area contributed by atoms with Crippen molar-refractivity contribution < 1.29 is 8.22 Å². The quantitative estimate of drug-likeness (QED) is 0.0794. The first-order valence-electron chi connectivity index (χ1n) is 42.1. The zero-order valence-electron chi connectivity index (χ0n) is 69.1. The molecule has 3 nitrogen and oxygen atoms in total. The molecule has 0 bridgehead atoms. The van der Waals surface area contributed by atoms with Crippen LogP contribution in [0.3, 0.4) is 0 Å². The van der Waals surface area contributed by atoms with Crippen molar-refractivity contribution in [1.29, 1.82) is 0 Å². The highest BCUT2D eigenvalue weighted by Gasteiger charge is 2.47. The summed E-state index contributed by atoms with van der Waals surface area (Å²) in [5.74, 6) is 0. The molecule has 0 saturated carbocycles. The standard InChI is InChI=1S/C108H82BN3Si/c1-73-51-60-99-95(63-73)96-64-74(2)52-61-100(96)110(99)86-56-59-97-102(72-86)112(107-93(80-41-23-10-24-42-80)67-84(76-35-17-7-18-36-76)68-94(107)81-43-25-11-26-44-81)104-71-85(108(3,4)5)70-103-105(104)109(97)98-69-82(77-53-57-90(58-54-77)113(87-45-27-12-28-46-87,88-47-29-13-30-48-88)89-49-31-14-32-50-89)55-62-101(98)111(103)106-91(78-37-19-8-20-38-78)65-83(75-33-15-6-16-34-75)66-92(106)79-39-21-9-22-40-79/h6-72H,1-5H3/i1D3,2D3. The molecule has 17 aromatic carbocycles. The fourth-order valence-electron chi connectivity index (χ4n) is 18.2. The van der Waals surface area contributed by atoms with Gasteiger partial charge < -0.3 is 14.4 Å². The zero-order chi connectivity index (χ0) is 80.9. The number of hydrogen-bond donors (Lipinski definition) is 0. The maximum Gasteiger partial charge on any atom is 0.252 e. The fraction of sp³-hybridized carbons (Fsp3) is 0.0556. The summed E-state index contributed by atoms with van der Waals surface area (Å²) >= 11 is 0. The van der Waals surface area contributed by atoms with Crippen molar-refractivity contribution in [2.75, 3.05) is 9.80 Å². The van der Waals surface area contributed by atoms with Gasteiger partial charge in [-0.2, -0.15) is 0 Å². The van der Waals surface area contributed by atoms with Gasteiger partial charge in [0.25, 0.3) is 6.71 Å². The van der Waals surface area contributed by atoms with E-state index in [0.717, 1.165) is 151 Å². The van der Waals surface area contributed by atoms with Gasteiger partial charge in [0.15, 0.2) is 8.07 Å². The number of fused-ring (bicyclic) bond motifs is 7. The molecule has 3 heterocycles. The van der Waals surface area contributed by atoms with E-state index < -0.39 is 33.9 Å². The first kappa shape index (κ1) is 62.2. The number of benzene rings is 17. The van der Waals surface area contributed by atoms with Crippen LogP contribution in [0, 0.1) is 13.7 Å². The predicted molar refractivity (Wildman–Crippen MR) is 485 cm³/mol. The molecule has 536 valence electrons. The number of nitrogens with zero attached hydrogens (tertiary/aromatic N) is 3. The predicted octanol–water partition coefficient (Wildman–Crippen LogP) is 23.8. The van der Waals surface area contributed by atoms with E-state index >= 15 is 0 Å². The van der Waals surface area contributed by atoms with Crippen LogP contribution in [0.15, 0.2) is 406 Å². The summed E-state index contributed by atoms with van der Waals surface area (Å²) in [7, 11) is -2.94. The lowest BCUT2D eigenvalue weighted by Crippen LogP contribution is -2.74. The summed E-state index contributed by atoms with van der Waals surface area (Å²) in [5, 5.41) is 6.48. The minimum absolute atomic E-state index is 0.170. The third-order valence-electron chi connectivity index (χ3n) is 23.4. The lowest BCUT2D eigenvalue weighted by Gasteiger charge is -2.46. The number of aryl methyl sites for hydroxylation is 2. The van der Waals surface area contributed by atoms with Crippen LogP contribution >= 0.6 is 0 Å². The molecule has 113 heavy (non-hydrogen) atoms. The molecule has 0 amide bonds. The van der Waals surface area contributed by atoms with Crippen molar-refractivity contribution >= 4 is 108 Å². The molecule has 0 aliphatic carbocycles. The minimum atomic E-state index is -2.94. The summed E-state index contributed by atoms with van der Waals surface area (Å²) in [6.07, 6.45) is 0. The second kappa shape index (κ2) is 28.1. The highest BCUT2D eigenvalue weighted by atomic mass is 28.3. The topological polar surface area (TPSA) is 11.4 Å². The number of hydrogen-bond acceptors (Lipinski definition) is 2. The average molecular weight is 1470 g/mol. The third-order valence-corrected chi connectivity index (χ3v) is 28.2. The summed E-state index contributed by atoms with van der Waals surface area (Å²) in [6.45, 7) is 1.69. The molecule has 0 saturated heterocycles. The van der Waals surface area contributed by atoms with Crippen LogP contribution in [-0.4, -0.2) is 19.4 Å². The van der Waals surface area contributed by atoms with Crippen LogP contribution in [0.25, 0.3) is 105 Å². The Hall–Kier alpha value is -13.6. The molecule has 20 rings (SSSR count). The highest BCUT2D eigenvalue weighted by molar-refractivity contribution is 7.20. The molecule has 5 heteroatoms. The van der Waals surface area contributed by atoms with E-state index in [1.165, 1.54) is 20.7 Å². The Morgan fingerprint density at radius 2 is 0.628 bits per heavy atom. The van der Waals surface area contributed by atoms with Crippen LogP contribution < -0.4 is 46.9 Å². The van der Waals surface area contributed by atoms with E-state index in [1.54, 1.807) is 24.3 Å². The van der Waals surface area contributed by atoms with E-state index in [1.807, 2.05) is 12.1 Å². The van der Waals surface area contributed by atoms with Crippen LogP contribution in [0.4, 0.5) is 34.1 Å². The summed E-state index contributed by atoms with van der Waals surface area (Å²) in [6, 6.07) is 147. The molecule has 1 aromatic heterocycles. The lowest BCUT2D eigenvalue weighted by atomic mass is 9.33. The van der Waals surface area contributed by atoms with Crippen molar-refractivity contribution in [1.82, 2.24) is 4.57 Å². The summed E-state index contributed by atoms with van der Waals surface area (Å²) in [4.78, 5) is 5.23. The summed E-state index contributed by atoms with van der Waals surface area (Å²) < 4.78 is 54.6. The van der Waals surface area contributed by atoms with Crippen LogP contribution in [0.2, 0.25) is 0 Å². The van der Waals surface area contributed by atoms with Crippen LogP contribution in [0.5, 0.6) is 0 Å². The van der Waals surface area contributed by atoms with Crippen molar-refractivity contribution in [2.45, 2.75) is 39.9 Å². The summed E-state index contributed by atoms with van der Waals surface area (Å²) in [5.41, 5.74) is 27.6. The molecular formula is C108H82BN3Si. The van der Waals surface area contributed by atoms with Gasteiger partial charge in [0.05, 0.1) is 22.4 Å². The molecule has 0 spiro atoms. The largest absolute Gasteiger partial charge is 0.310 e. The molecule has 0 fully saturated rings. The van der Waals surface area contributed by atoms with Gasteiger partial charge in [-0.15, -0.1) is 0 Å². The van der Waals surface area contributed by atoms with Gasteiger partial charge in [-0.1, -0.05) is 359 Å². The van der Waals surface area contributed by atoms with E-state index in [0.29, 0.717) is 10.8 Å². The Morgan fingerprint density at radius 3 is 1.02 bits per heavy atom. The SMILES string of the molecule is [2H]C([2H])([2H])c1ccc2c(c1)c1cc(C([2H])([2H])[2H])ccc1n2-c1ccc2c(c1)N(c1c(-c3ccccc3)cc(-c3ccccc3)cc1-c1ccccc1)c1cc(C(C)(C)C)cc3c1B2c1cc(-c2ccc([Si](c4ccccc4)(c4ccccc4)c4ccccc4)cc2)ccc1N3c1c(-c2ccccc2)cc(-c2ccccc2)cc1-c1ccccc1. The molecular weight excluding hydrogens is 1380 g/mol. The molecule has 2 aliphatic heterocycles. The fourth-order valence-corrected chi connectivity index (χ4v) is 22.9. The van der Waals surface area contributed by atoms with Crippen molar-refractivity contribution in [3.05, 3.63) is 423 Å². The smallest absolute Gasteiger partial charge is 0.252 e. The Balaban J connectivity index is 0.934. The molecule has 2 aliphatic rings. The molecule has 18 aromatic rings. The van der Waals surface area contributed by atoms with Gasteiger partial charge in [0, 0.05) is 69.7 Å². The van der Waals surface area contributed by atoms with E-state index in [-0.39, 0.29) is 11.1 Å². The number of anilines is 6. The molecule has 0 atom stereocenters. The molecule has 0 unspecified atom stereocenters. The Labute approximate surface area is 672 Å². The molecule has 0 radical (unpaired) electrons. The maximum atomic E-state index is 8.73. The van der Waals surface area contributed by atoms with Crippen LogP contribution in [0.1, 0.15) is 45.7 Å². The van der Waals surface area contributed by atoms with E-state index in [4.69, 9.17) is 8.22 Å². The average Bonchev–Trinajstić information content (AvgIpc) is 1.04. The number of aromatic nitrogens is 1. The monoisotopic (exact) mass is 1470 g/mol. The zero-order valence-corrected chi connectivity index (χ0v) is 64.1. The second-order valence-corrected chi connectivity index (χ2v) is 34.9. The number of rotatable bonds is 14. The van der Waals surface area contributed by atoms with Gasteiger partial charge in [0.2, 0.25) is 0 Å². The van der Waals surface area contributed by atoms with E-state index in [9.17, 15) is 0 Å². The first-order valence-corrected chi connectivity index (χ1v) is 41.1. The third kappa shape index (κ3) is 11.8. The second-order valence-electron chi connectivity index (χ2n) is 31.1. The van der Waals surface area contributed by atoms with Crippen LogP contribution in [-0.2, 0) is 5.41 Å². The van der Waals surface area contributed by atoms with Gasteiger partial charge >= 0.3 is 0 Å². The Morgan fingerprint density at radius 1 is 0.274 bits per heavy atom. The van der Waals surface area contributed by atoms with Gasteiger partial charge in [-0.05, 0) is 196 Å². The maximum absolute atomic E-state index is 8.73. The van der Waals surface area contributed by atoms with Gasteiger partial charge in [-0.25, -0.2) is 0 Å². The Bertz CT molecular complexity index is 6590. The van der Waals surface area contributed by atoms with Gasteiger partial charge in [-0.3, -0.25) is 0 Å². The van der Waals surface area contributed by atoms with Crippen molar-refractivity contribution in [3.8, 4) is 83.6 Å². The highest BCUT2D eigenvalue weighted by Crippen LogP contribution is 2.56. The first-order chi connectivity index (χ1) is 57.9. The minimum Gasteiger partial charge on any atom is -0.310 e. The lowest BCUT2D eigenvalue weighted by molar-refractivity contribution is 0.590. The normalized spacial score (nSPS) is 13.4. The van der Waals surface area contributed by atoms with Gasteiger partial charge in [0.1, 0.15) is 0 Å².